The molecule has 0 nitrogen and oxygen atoms in total. The van der Waals surface area contributed by atoms with Crippen molar-refractivity contribution in [2.75, 3.05) is 0 Å². The van der Waals surface area contributed by atoms with Gasteiger partial charge in [-0.3, -0.25) is 0 Å². The summed E-state index contributed by atoms with van der Waals surface area (Å²) in [5.41, 5.74) is 0. The van der Waals surface area contributed by atoms with E-state index in [0.717, 1.165) is 10.0 Å². The average molecular weight is 588 g/mol. The third-order valence-electron chi connectivity index (χ3n) is 7.94. The van der Waals surface area contributed by atoms with Gasteiger partial charge in [0.25, 0.3) is 0 Å². The Hall–Kier alpha value is -3.67. The van der Waals surface area contributed by atoms with Crippen molar-refractivity contribution >= 4 is 69.5 Å². The molecule has 0 aromatic heterocycles. The second-order valence-corrected chi connectivity index (χ2v) is 21.8. The van der Waals surface area contributed by atoms with E-state index < -0.39 is 15.2 Å². The maximum Gasteiger partial charge on any atom is 0.154 e. The maximum atomic E-state index is 6.55. The van der Waals surface area contributed by atoms with Crippen LogP contribution in [0.25, 0.3) is 0 Å². The Morgan fingerprint density at radius 1 is 0.250 bits per heavy atom. The van der Waals surface area contributed by atoms with Gasteiger partial charge in [-0.05, 0) is 24.3 Å². The molecule has 0 amide bonds. The van der Waals surface area contributed by atoms with Crippen molar-refractivity contribution in [1.82, 2.24) is 0 Å². The van der Waals surface area contributed by atoms with Crippen LogP contribution in [0.15, 0.2) is 170 Å². The van der Waals surface area contributed by atoms with Gasteiger partial charge in [0, 0.05) is 10.0 Å². The summed E-state index contributed by atoms with van der Waals surface area (Å²) >= 11 is 13.1. The first-order chi connectivity index (χ1) is 19.7. The molecule has 0 bridgehead atoms. The fourth-order valence-corrected chi connectivity index (χ4v) is 26.2. The van der Waals surface area contributed by atoms with Gasteiger partial charge >= 0.3 is 0 Å². The Morgan fingerprint density at radius 2 is 0.450 bits per heavy atom. The Balaban J connectivity index is 1.93. The largest absolute Gasteiger partial charge is 0.154 e. The summed E-state index contributed by atoms with van der Waals surface area (Å²) < 4.78 is 0. The third-order valence-corrected chi connectivity index (χ3v) is 25.3. The molecule has 40 heavy (non-hydrogen) atoms. The van der Waals surface area contributed by atoms with E-state index >= 15 is 0 Å². The van der Waals surface area contributed by atoms with Gasteiger partial charge in [-0.1, -0.05) is 200 Å². The van der Waals surface area contributed by atoms with Crippen molar-refractivity contribution in [1.29, 1.82) is 0 Å². The van der Waals surface area contributed by atoms with Gasteiger partial charge in [0.1, 0.15) is 0 Å². The Labute approximate surface area is 248 Å². The van der Waals surface area contributed by atoms with E-state index in [2.05, 4.69) is 170 Å². The quantitative estimate of drug-likeness (QED) is 0.166. The summed E-state index contributed by atoms with van der Waals surface area (Å²) in [4.78, 5) is 0. The van der Waals surface area contributed by atoms with E-state index in [-0.39, 0.29) is 0 Å². The van der Waals surface area contributed by atoms with Crippen molar-refractivity contribution in [3.05, 3.63) is 180 Å². The molecular weight excluding hydrogens is 559 g/mol. The Bertz CT molecular complexity index is 1460. The highest BCUT2D eigenvalue weighted by atomic mass is 35.5. The number of rotatable bonds is 7. The normalized spacial score (nSPS) is 11.8. The second-order valence-electron chi connectivity index (χ2n) is 9.98. The minimum atomic E-state index is -2.93. The van der Waals surface area contributed by atoms with E-state index in [0.29, 0.717) is 0 Å². The van der Waals surface area contributed by atoms with Crippen LogP contribution in [0.3, 0.4) is 0 Å². The van der Waals surface area contributed by atoms with Crippen molar-refractivity contribution in [2.24, 2.45) is 0 Å². The van der Waals surface area contributed by atoms with Crippen LogP contribution in [0, 0.1) is 0 Å². The highest BCUT2D eigenvalue weighted by Gasteiger charge is 2.61. The molecule has 0 heterocycles. The van der Waals surface area contributed by atoms with Crippen molar-refractivity contribution in [3.8, 4) is 0 Å². The molecule has 6 aromatic carbocycles. The highest BCUT2D eigenvalue weighted by Crippen LogP contribution is 2.24. The van der Waals surface area contributed by atoms with Crippen LogP contribution >= 0.6 is 23.2 Å². The first-order valence-corrected chi connectivity index (χ1v) is 19.2. The fraction of sp³-hybridized carbons (Fsp3) is 0. The molecule has 0 radical (unpaired) electrons. The molecule has 0 fully saturated rings. The van der Waals surface area contributed by atoms with Crippen LogP contribution in [0.1, 0.15) is 0 Å². The molecule has 0 unspecified atom stereocenters. The minimum absolute atomic E-state index is 0.742. The molecule has 0 aliphatic rings. The lowest BCUT2D eigenvalue weighted by Crippen LogP contribution is -2.94. The molecule has 4 heteroatoms. The zero-order valence-electron chi connectivity index (χ0n) is 21.9. The second kappa shape index (κ2) is 11.4. The van der Waals surface area contributed by atoms with Crippen LogP contribution in [0.5, 0.6) is 0 Å². The van der Waals surface area contributed by atoms with Gasteiger partial charge in [0.15, 0.2) is 15.2 Å². The first kappa shape index (κ1) is 26.6. The first-order valence-electron chi connectivity index (χ1n) is 13.4. The number of hydrogen-bond donors (Lipinski definition) is 0. The SMILES string of the molecule is Clc1ccc([Si](c2ccccc2)(c2ccccc2)[Si](c2ccccc2)(c2ccccc2)c2ccc(Cl)cc2)cc1. The van der Waals surface area contributed by atoms with E-state index in [9.17, 15) is 0 Å². The summed E-state index contributed by atoms with van der Waals surface area (Å²) in [6.45, 7) is 0. The van der Waals surface area contributed by atoms with Crippen LogP contribution in [-0.2, 0) is 0 Å². The lowest BCUT2D eigenvalue weighted by atomic mass is 10.3. The molecule has 6 rings (SSSR count). The summed E-state index contributed by atoms with van der Waals surface area (Å²) in [6.07, 6.45) is 0. The molecule has 0 N–H and O–H groups in total. The van der Waals surface area contributed by atoms with Gasteiger partial charge in [-0.15, -0.1) is 0 Å². The smallest absolute Gasteiger partial charge is 0.0843 e. The predicted octanol–water partition coefficient (Wildman–Crippen LogP) is 5.71. The Kier molecular flexibility index (Phi) is 7.60. The lowest BCUT2D eigenvalue weighted by molar-refractivity contribution is 1.66. The molecule has 0 atom stereocenters. The van der Waals surface area contributed by atoms with E-state index in [1.54, 1.807) is 0 Å². The van der Waals surface area contributed by atoms with E-state index in [1.807, 2.05) is 0 Å². The molecule has 0 aliphatic heterocycles. The van der Waals surface area contributed by atoms with Crippen molar-refractivity contribution < 1.29 is 0 Å². The van der Waals surface area contributed by atoms with Gasteiger partial charge in [0.05, 0.1) is 0 Å². The van der Waals surface area contributed by atoms with Gasteiger partial charge in [0.2, 0.25) is 0 Å². The monoisotopic (exact) mass is 586 g/mol. The lowest BCUT2D eigenvalue weighted by Gasteiger charge is -2.50. The van der Waals surface area contributed by atoms with Gasteiger partial charge < -0.3 is 0 Å². The van der Waals surface area contributed by atoms with Crippen LogP contribution < -0.4 is 31.1 Å². The average Bonchev–Trinajstić information content (AvgIpc) is 3.03. The minimum Gasteiger partial charge on any atom is -0.0843 e. The predicted molar refractivity (Wildman–Crippen MR) is 178 cm³/mol. The molecule has 0 aliphatic carbocycles. The highest BCUT2D eigenvalue weighted by molar-refractivity contribution is 7.67. The molecule has 194 valence electrons. The number of benzene rings is 6. The zero-order chi connectivity index (χ0) is 27.4. The summed E-state index contributed by atoms with van der Waals surface area (Å²) in [7, 11) is -5.86. The molecule has 0 spiro atoms. The summed E-state index contributed by atoms with van der Waals surface area (Å²) in [5.74, 6) is 0. The van der Waals surface area contributed by atoms with Crippen molar-refractivity contribution in [2.45, 2.75) is 0 Å². The van der Waals surface area contributed by atoms with Crippen LogP contribution in [0.2, 0.25) is 10.0 Å². The van der Waals surface area contributed by atoms with Crippen LogP contribution in [0.4, 0.5) is 0 Å². The third kappa shape index (κ3) is 4.38. The van der Waals surface area contributed by atoms with Gasteiger partial charge in [-0.2, -0.15) is 0 Å². The zero-order valence-corrected chi connectivity index (χ0v) is 25.4. The number of halogens is 2. The topological polar surface area (TPSA) is 0 Å². The summed E-state index contributed by atoms with van der Waals surface area (Å²) in [6, 6.07) is 62.1. The van der Waals surface area contributed by atoms with E-state index in [1.165, 1.54) is 31.1 Å². The maximum absolute atomic E-state index is 6.55. The van der Waals surface area contributed by atoms with Crippen molar-refractivity contribution in [3.63, 3.8) is 0 Å². The van der Waals surface area contributed by atoms with Crippen LogP contribution in [-0.4, -0.2) is 15.2 Å². The molecular formula is C36H28Cl2Si2. The standard InChI is InChI=1S/C36H28Cl2Si2/c37-29-21-25-35(26-22-29)39(31-13-5-1-6-14-31,32-15-7-2-8-16-32)40(33-17-9-3-10-18-33,34-19-11-4-12-20-34)36-27-23-30(38)24-28-36/h1-28H. The molecule has 0 saturated carbocycles. The fourth-order valence-electron chi connectivity index (χ4n) is 6.45. The van der Waals surface area contributed by atoms with Gasteiger partial charge in [-0.25, -0.2) is 0 Å². The molecule has 0 saturated heterocycles. The molecule has 6 aromatic rings. The number of hydrogen-bond acceptors (Lipinski definition) is 0. The van der Waals surface area contributed by atoms with E-state index in [4.69, 9.17) is 23.2 Å². The summed E-state index contributed by atoms with van der Waals surface area (Å²) in [5, 5.41) is 9.65. The Morgan fingerprint density at radius 3 is 0.675 bits per heavy atom.